The fourth-order valence-corrected chi connectivity index (χ4v) is 6.14. The van der Waals surface area contributed by atoms with E-state index in [-0.39, 0.29) is 17.4 Å². The second-order valence-electron chi connectivity index (χ2n) is 9.74. The number of nitrogens with one attached hydrogen (secondary N) is 3. The number of anilines is 4. The number of aryl methyl sites for hydroxylation is 1. The molecule has 0 bridgehead atoms. The maximum absolute atomic E-state index is 14.4. The van der Waals surface area contributed by atoms with Gasteiger partial charge in [-0.15, -0.1) is 16.5 Å². The molecule has 6 rings (SSSR count). The summed E-state index contributed by atoms with van der Waals surface area (Å²) < 4.78 is 14.4. The number of rotatable bonds is 7. The number of aliphatic hydroxyl groups is 1. The van der Waals surface area contributed by atoms with Crippen molar-refractivity contribution in [1.29, 1.82) is 5.53 Å². The third-order valence-electron chi connectivity index (χ3n) is 7.06. The van der Waals surface area contributed by atoms with Crippen LogP contribution in [0.3, 0.4) is 0 Å². The summed E-state index contributed by atoms with van der Waals surface area (Å²) in [6, 6.07) is 23.1. The standard InChI is InChI=1S/C31H26FN7O2S/c1-18-7-4-9-21(32)27(18)37-30(40)25-17-19-14-16-39(24-12-3-2-8-20(24)28(19)42-25)31(41)23-10-5-13-26(36-23)35-22-11-6-15-34-29(22)38-33/h2-13,15,17,31,33,41H,14,16H2,1H3,(H,35,36)(H,37,40). The number of amides is 1. The molecule has 1 unspecified atom stereocenters. The van der Waals surface area contributed by atoms with Gasteiger partial charge in [0.15, 0.2) is 12.0 Å². The molecule has 9 nitrogen and oxygen atoms in total. The van der Waals surface area contributed by atoms with E-state index < -0.39 is 12.0 Å². The highest BCUT2D eigenvalue weighted by Gasteiger charge is 2.28. The van der Waals surface area contributed by atoms with E-state index >= 15 is 0 Å². The molecule has 3 aromatic heterocycles. The molecule has 1 amide bonds. The Hall–Kier alpha value is -5.00. The number of hydrogen-bond acceptors (Lipinski definition) is 9. The molecule has 0 saturated heterocycles. The highest BCUT2D eigenvalue weighted by molar-refractivity contribution is 7.17. The van der Waals surface area contributed by atoms with Crippen molar-refractivity contribution in [3.8, 4) is 10.4 Å². The molecular formula is C31H26FN7O2S. The van der Waals surface area contributed by atoms with E-state index in [0.717, 1.165) is 21.7 Å². The van der Waals surface area contributed by atoms with Crippen molar-refractivity contribution in [2.45, 2.75) is 19.6 Å². The second-order valence-corrected chi connectivity index (χ2v) is 10.8. The third kappa shape index (κ3) is 5.22. The fourth-order valence-electron chi connectivity index (χ4n) is 5.00. The molecule has 0 aliphatic carbocycles. The molecular weight excluding hydrogens is 553 g/mol. The zero-order valence-corrected chi connectivity index (χ0v) is 23.3. The molecule has 0 spiro atoms. The summed E-state index contributed by atoms with van der Waals surface area (Å²) in [5, 5.41) is 20.9. The molecule has 11 heteroatoms. The van der Waals surface area contributed by atoms with Crippen LogP contribution >= 0.6 is 11.3 Å². The fraction of sp³-hybridized carbons (Fsp3) is 0.129. The summed E-state index contributed by atoms with van der Waals surface area (Å²) in [6.45, 7) is 2.22. The number of carbonyl (C=O) groups excluding carboxylic acids is 1. The van der Waals surface area contributed by atoms with E-state index in [1.54, 1.807) is 55.6 Å². The highest BCUT2D eigenvalue weighted by Crippen LogP contribution is 2.43. The van der Waals surface area contributed by atoms with Crippen molar-refractivity contribution in [2.75, 3.05) is 22.1 Å². The number of thiophene rings is 1. The zero-order chi connectivity index (χ0) is 29.2. The van der Waals surface area contributed by atoms with Crippen LogP contribution < -0.4 is 15.5 Å². The quantitative estimate of drug-likeness (QED) is 0.149. The smallest absolute Gasteiger partial charge is 0.265 e. The molecule has 1 aliphatic rings. The maximum atomic E-state index is 14.4. The minimum atomic E-state index is -1.05. The van der Waals surface area contributed by atoms with Crippen LogP contribution in [0.25, 0.3) is 10.4 Å². The number of para-hydroxylation sites is 2. The lowest BCUT2D eigenvalue weighted by Gasteiger charge is -2.30. The van der Waals surface area contributed by atoms with Crippen LogP contribution in [0, 0.1) is 18.3 Å². The van der Waals surface area contributed by atoms with Gasteiger partial charge in [0.05, 0.1) is 21.9 Å². The Kier molecular flexibility index (Phi) is 7.43. The van der Waals surface area contributed by atoms with Gasteiger partial charge in [-0.1, -0.05) is 36.4 Å². The first-order valence-electron chi connectivity index (χ1n) is 13.2. The molecule has 1 atom stereocenters. The second kappa shape index (κ2) is 11.5. The Morgan fingerprint density at radius 1 is 1.12 bits per heavy atom. The van der Waals surface area contributed by atoms with Gasteiger partial charge in [0.25, 0.3) is 5.91 Å². The number of nitrogens with zero attached hydrogens (tertiary/aromatic N) is 4. The molecule has 210 valence electrons. The Bertz CT molecular complexity index is 1790. The van der Waals surface area contributed by atoms with Gasteiger partial charge >= 0.3 is 0 Å². The molecule has 4 heterocycles. The molecule has 2 aromatic carbocycles. The normalized spacial score (nSPS) is 13.0. The lowest BCUT2D eigenvalue weighted by molar-refractivity contribution is 0.103. The summed E-state index contributed by atoms with van der Waals surface area (Å²) in [5.74, 6) is -0.127. The number of pyridine rings is 2. The van der Waals surface area contributed by atoms with Crippen molar-refractivity contribution in [2.24, 2.45) is 5.11 Å². The molecule has 4 N–H and O–H groups in total. The summed E-state index contributed by atoms with van der Waals surface area (Å²) in [6.07, 6.45) is 1.08. The average molecular weight is 580 g/mol. The van der Waals surface area contributed by atoms with Crippen molar-refractivity contribution < 1.29 is 14.3 Å². The lowest BCUT2D eigenvalue weighted by Crippen LogP contribution is -2.31. The Labute approximate surface area is 245 Å². The summed E-state index contributed by atoms with van der Waals surface area (Å²) in [4.78, 5) is 25.2. The summed E-state index contributed by atoms with van der Waals surface area (Å²) >= 11 is 1.35. The Balaban J connectivity index is 1.28. The number of fused-ring (bicyclic) bond motifs is 3. The lowest BCUT2D eigenvalue weighted by atomic mass is 10.1. The van der Waals surface area contributed by atoms with Gasteiger partial charge in [-0.2, -0.15) is 0 Å². The molecule has 0 fully saturated rings. The van der Waals surface area contributed by atoms with E-state index in [1.807, 2.05) is 35.2 Å². The van der Waals surface area contributed by atoms with E-state index in [4.69, 9.17) is 5.53 Å². The van der Waals surface area contributed by atoms with Crippen LogP contribution in [-0.4, -0.2) is 27.5 Å². The monoisotopic (exact) mass is 579 g/mol. The first-order chi connectivity index (χ1) is 20.4. The van der Waals surface area contributed by atoms with Gasteiger partial charge in [-0.3, -0.25) is 4.79 Å². The predicted octanol–water partition coefficient (Wildman–Crippen LogP) is 7.36. The van der Waals surface area contributed by atoms with Gasteiger partial charge in [0.2, 0.25) is 0 Å². The van der Waals surface area contributed by atoms with Gasteiger partial charge < -0.3 is 20.6 Å². The van der Waals surface area contributed by atoms with Gasteiger partial charge in [0.1, 0.15) is 11.6 Å². The Morgan fingerprint density at radius 3 is 2.79 bits per heavy atom. The van der Waals surface area contributed by atoms with Crippen molar-refractivity contribution in [1.82, 2.24) is 9.97 Å². The largest absolute Gasteiger partial charge is 0.368 e. The van der Waals surface area contributed by atoms with Crippen LogP contribution in [0.4, 0.5) is 33.1 Å². The topological polar surface area (TPSA) is 127 Å². The number of halogens is 1. The number of aromatic nitrogens is 2. The number of hydrogen-bond donors (Lipinski definition) is 4. The molecule has 0 saturated carbocycles. The van der Waals surface area contributed by atoms with E-state index in [2.05, 4.69) is 25.7 Å². The molecule has 0 radical (unpaired) electrons. The van der Waals surface area contributed by atoms with Crippen LogP contribution in [0.5, 0.6) is 0 Å². The first-order valence-corrected chi connectivity index (χ1v) is 14.0. The summed E-state index contributed by atoms with van der Waals surface area (Å²) in [7, 11) is 0. The van der Waals surface area contributed by atoms with Gasteiger partial charge in [-0.05, 0) is 66.9 Å². The average Bonchev–Trinajstić information content (AvgIpc) is 3.37. The first kappa shape index (κ1) is 27.2. The summed E-state index contributed by atoms with van der Waals surface area (Å²) in [5.41, 5.74) is 11.8. The van der Waals surface area contributed by atoms with Crippen LogP contribution in [-0.2, 0) is 6.42 Å². The number of benzene rings is 2. The van der Waals surface area contributed by atoms with E-state index in [0.29, 0.717) is 40.6 Å². The Morgan fingerprint density at radius 2 is 1.95 bits per heavy atom. The van der Waals surface area contributed by atoms with Crippen LogP contribution in [0.2, 0.25) is 0 Å². The van der Waals surface area contributed by atoms with Crippen LogP contribution in [0.15, 0.2) is 90.2 Å². The third-order valence-corrected chi connectivity index (χ3v) is 8.27. The van der Waals surface area contributed by atoms with E-state index in [9.17, 15) is 14.3 Å². The van der Waals surface area contributed by atoms with Gasteiger partial charge in [0, 0.05) is 28.9 Å². The SMILES string of the molecule is Cc1cccc(F)c1NC(=O)c1cc2c(s1)-c1ccccc1N(C(O)c1cccc(Nc3cccnc3N=N)n1)CC2. The highest BCUT2D eigenvalue weighted by atomic mass is 32.1. The van der Waals surface area contributed by atoms with Crippen molar-refractivity contribution in [3.63, 3.8) is 0 Å². The van der Waals surface area contributed by atoms with Gasteiger partial charge in [-0.25, -0.2) is 19.9 Å². The van der Waals surface area contributed by atoms with Crippen LogP contribution in [0.1, 0.15) is 32.7 Å². The zero-order valence-electron chi connectivity index (χ0n) is 22.5. The minimum absolute atomic E-state index is 0.179. The molecule has 42 heavy (non-hydrogen) atoms. The predicted molar refractivity (Wildman–Crippen MR) is 161 cm³/mol. The molecule has 5 aromatic rings. The maximum Gasteiger partial charge on any atom is 0.265 e. The number of aliphatic hydroxyl groups excluding tert-OH is 1. The van der Waals surface area contributed by atoms with Crippen molar-refractivity contribution in [3.05, 3.63) is 113 Å². The van der Waals surface area contributed by atoms with E-state index in [1.165, 1.54) is 17.4 Å². The minimum Gasteiger partial charge on any atom is -0.368 e. The molecule has 1 aliphatic heterocycles. The van der Waals surface area contributed by atoms with Crippen molar-refractivity contribution >= 4 is 45.9 Å². The number of carbonyl (C=O) groups is 1.